The van der Waals surface area contributed by atoms with Gasteiger partial charge < -0.3 is 15.1 Å². The summed E-state index contributed by atoms with van der Waals surface area (Å²) in [5.74, 6) is 1.89. The normalized spacial score (nSPS) is 12.2. The lowest BCUT2D eigenvalue weighted by atomic mass is 10.4. The van der Waals surface area contributed by atoms with Crippen LogP contribution in [0.4, 0.5) is 13.2 Å². The summed E-state index contributed by atoms with van der Waals surface area (Å²) in [7, 11) is 1.46. The molecule has 0 spiro atoms. The van der Waals surface area contributed by atoms with Crippen LogP contribution in [0.1, 0.15) is 30.7 Å². The van der Waals surface area contributed by atoms with Crippen molar-refractivity contribution in [3.05, 3.63) is 17.3 Å². The molecule has 0 aromatic carbocycles. The first-order valence-electron chi connectivity index (χ1n) is 7.91. The highest BCUT2D eigenvalue weighted by Gasteiger charge is 2.28. The Morgan fingerprint density at radius 3 is 2.48 bits per heavy atom. The lowest BCUT2D eigenvalue weighted by molar-refractivity contribution is -0.143. The molecule has 0 aliphatic rings. The maximum absolute atomic E-state index is 12.2. The third kappa shape index (κ3) is 10.5. The second-order valence-corrected chi connectivity index (χ2v) is 5.58. The van der Waals surface area contributed by atoms with Gasteiger partial charge in [0.1, 0.15) is 12.3 Å². The number of oxazole rings is 1. The van der Waals surface area contributed by atoms with Crippen LogP contribution in [-0.2, 0) is 6.54 Å². The molecule has 146 valence electrons. The van der Waals surface area contributed by atoms with Crippen molar-refractivity contribution in [1.82, 2.24) is 20.5 Å². The lowest BCUT2D eigenvalue weighted by Gasteiger charge is -2.18. The quantitative estimate of drug-likeness (QED) is 0.261. The first kappa shape index (κ1) is 24.0. The van der Waals surface area contributed by atoms with Gasteiger partial charge in [0.25, 0.3) is 0 Å². The number of nitrogens with one attached hydrogen (secondary N) is 2. The van der Waals surface area contributed by atoms with Crippen LogP contribution in [0.5, 0.6) is 0 Å². The fourth-order valence-corrected chi connectivity index (χ4v) is 2.04. The van der Waals surface area contributed by atoms with Gasteiger partial charge in [-0.15, -0.1) is 24.0 Å². The van der Waals surface area contributed by atoms with E-state index in [-0.39, 0.29) is 24.0 Å². The smallest absolute Gasteiger partial charge is 0.401 e. The maximum Gasteiger partial charge on any atom is 0.401 e. The molecule has 0 unspecified atom stereocenters. The van der Waals surface area contributed by atoms with Crippen molar-refractivity contribution in [2.24, 2.45) is 4.99 Å². The van der Waals surface area contributed by atoms with E-state index in [0.29, 0.717) is 44.5 Å². The van der Waals surface area contributed by atoms with Crippen LogP contribution in [0.3, 0.4) is 0 Å². The number of aryl methyl sites for hydroxylation is 2. The molecule has 1 heterocycles. The molecule has 0 aliphatic carbocycles. The molecule has 6 nitrogen and oxygen atoms in total. The Kier molecular flexibility index (Phi) is 11.1. The zero-order valence-electron chi connectivity index (χ0n) is 15.0. The average molecular weight is 477 g/mol. The van der Waals surface area contributed by atoms with E-state index in [9.17, 15) is 13.2 Å². The molecule has 0 fully saturated rings. The summed E-state index contributed by atoms with van der Waals surface area (Å²) in [6.45, 7) is 6.62. The van der Waals surface area contributed by atoms with Crippen molar-refractivity contribution >= 4 is 29.9 Å². The third-order valence-electron chi connectivity index (χ3n) is 3.25. The standard InChI is InChI=1S/C15H26F3N5O.HI/c1-5-19-14(21-9-13-22-11(2)12(3)24-13)20-7-6-8-23(4)10-15(16,17)18;/h5-10H2,1-4H3,(H2,19,20,21);1H. The van der Waals surface area contributed by atoms with E-state index in [1.807, 2.05) is 20.8 Å². The van der Waals surface area contributed by atoms with Crippen molar-refractivity contribution in [2.45, 2.75) is 39.9 Å². The van der Waals surface area contributed by atoms with Gasteiger partial charge in [-0.05, 0) is 40.8 Å². The summed E-state index contributed by atoms with van der Waals surface area (Å²) in [5, 5.41) is 6.17. The summed E-state index contributed by atoms with van der Waals surface area (Å²) in [5.41, 5.74) is 0.839. The largest absolute Gasteiger partial charge is 0.444 e. The van der Waals surface area contributed by atoms with E-state index in [0.717, 1.165) is 11.5 Å². The Labute approximate surface area is 163 Å². The van der Waals surface area contributed by atoms with Crippen molar-refractivity contribution in [3.63, 3.8) is 0 Å². The summed E-state index contributed by atoms with van der Waals surface area (Å²) >= 11 is 0. The number of aromatic nitrogens is 1. The highest BCUT2D eigenvalue weighted by atomic mass is 127. The van der Waals surface area contributed by atoms with Gasteiger partial charge in [0.2, 0.25) is 5.89 Å². The van der Waals surface area contributed by atoms with Crippen LogP contribution >= 0.6 is 24.0 Å². The second kappa shape index (κ2) is 11.6. The number of rotatable bonds is 8. The molecule has 2 N–H and O–H groups in total. The van der Waals surface area contributed by atoms with Gasteiger partial charge in [-0.1, -0.05) is 0 Å². The van der Waals surface area contributed by atoms with Crippen molar-refractivity contribution < 1.29 is 17.6 Å². The van der Waals surface area contributed by atoms with E-state index in [1.165, 1.54) is 11.9 Å². The highest BCUT2D eigenvalue weighted by molar-refractivity contribution is 14.0. The van der Waals surface area contributed by atoms with E-state index in [4.69, 9.17) is 4.42 Å². The summed E-state index contributed by atoms with van der Waals surface area (Å²) in [6.07, 6.45) is -3.58. The molecule has 1 aromatic heterocycles. The Bertz CT molecular complexity index is 514. The fourth-order valence-electron chi connectivity index (χ4n) is 2.04. The SMILES string of the molecule is CCNC(=NCc1nc(C)c(C)o1)NCCCN(C)CC(F)(F)F.I. The van der Waals surface area contributed by atoms with Crippen molar-refractivity contribution in [2.75, 3.05) is 33.2 Å². The molecule has 0 bridgehead atoms. The maximum atomic E-state index is 12.2. The Hall–Kier alpha value is -1.04. The minimum absolute atomic E-state index is 0. The number of hydrogen-bond donors (Lipinski definition) is 2. The topological polar surface area (TPSA) is 65.7 Å². The molecular formula is C15H27F3IN5O. The number of hydrogen-bond acceptors (Lipinski definition) is 4. The van der Waals surface area contributed by atoms with E-state index in [1.54, 1.807) is 0 Å². The molecule has 1 rings (SSSR count). The van der Waals surface area contributed by atoms with Gasteiger partial charge in [0, 0.05) is 13.1 Å². The van der Waals surface area contributed by atoms with E-state index >= 15 is 0 Å². The molecule has 0 amide bonds. The van der Waals surface area contributed by atoms with Gasteiger partial charge >= 0.3 is 6.18 Å². The number of aliphatic imine (C=N–C) groups is 1. The zero-order valence-corrected chi connectivity index (χ0v) is 17.4. The van der Waals surface area contributed by atoms with Crippen LogP contribution in [-0.4, -0.2) is 55.2 Å². The Morgan fingerprint density at radius 2 is 1.96 bits per heavy atom. The Balaban J connectivity index is 0.00000576. The number of guanidine groups is 1. The predicted octanol–water partition coefficient (Wildman–Crippen LogP) is 2.85. The van der Waals surface area contributed by atoms with Crippen LogP contribution in [0.2, 0.25) is 0 Å². The van der Waals surface area contributed by atoms with Crippen LogP contribution in [0, 0.1) is 13.8 Å². The van der Waals surface area contributed by atoms with E-state index < -0.39 is 12.7 Å². The molecule has 0 saturated heterocycles. The number of alkyl halides is 3. The van der Waals surface area contributed by atoms with Crippen LogP contribution in [0.15, 0.2) is 9.41 Å². The molecule has 1 aromatic rings. The number of halogens is 4. The monoisotopic (exact) mass is 477 g/mol. The van der Waals surface area contributed by atoms with Crippen molar-refractivity contribution in [3.8, 4) is 0 Å². The lowest BCUT2D eigenvalue weighted by Crippen LogP contribution is -2.39. The van der Waals surface area contributed by atoms with Gasteiger partial charge in [0.15, 0.2) is 5.96 Å². The first-order chi connectivity index (χ1) is 11.2. The second-order valence-electron chi connectivity index (χ2n) is 5.58. The summed E-state index contributed by atoms with van der Waals surface area (Å²) in [6, 6.07) is 0. The average Bonchev–Trinajstić information content (AvgIpc) is 2.77. The Morgan fingerprint density at radius 1 is 1.28 bits per heavy atom. The summed E-state index contributed by atoms with van der Waals surface area (Å²) in [4.78, 5) is 9.87. The molecule has 0 aliphatic heterocycles. The highest BCUT2D eigenvalue weighted by Crippen LogP contribution is 2.15. The first-order valence-corrected chi connectivity index (χ1v) is 7.91. The van der Waals surface area contributed by atoms with Crippen LogP contribution in [0.25, 0.3) is 0 Å². The van der Waals surface area contributed by atoms with Crippen molar-refractivity contribution in [1.29, 1.82) is 0 Å². The minimum Gasteiger partial charge on any atom is -0.444 e. The minimum atomic E-state index is -4.16. The fraction of sp³-hybridized carbons (Fsp3) is 0.733. The molecular weight excluding hydrogens is 450 g/mol. The third-order valence-corrected chi connectivity index (χ3v) is 3.25. The molecule has 0 radical (unpaired) electrons. The van der Waals surface area contributed by atoms with Gasteiger partial charge in [-0.25, -0.2) is 9.98 Å². The van der Waals surface area contributed by atoms with Gasteiger partial charge in [-0.2, -0.15) is 13.2 Å². The zero-order chi connectivity index (χ0) is 18.2. The predicted molar refractivity (Wildman–Crippen MR) is 102 cm³/mol. The van der Waals surface area contributed by atoms with Crippen LogP contribution < -0.4 is 10.6 Å². The van der Waals surface area contributed by atoms with Gasteiger partial charge in [-0.3, -0.25) is 4.90 Å². The molecule has 10 heteroatoms. The molecule has 0 saturated carbocycles. The number of nitrogens with zero attached hydrogens (tertiary/aromatic N) is 3. The van der Waals surface area contributed by atoms with Gasteiger partial charge in [0.05, 0.1) is 12.2 Å². The molecule has 0 atom stereocenters. The molecule has 25 heavy (non-hydrogen) atoms. The van der Waals surface area contributed by atoms with E-state index in [2.05, 4.69) is 20.6 Å². The summed E-state index contributed by atoms with van der Waals surface area (Å²) < 4.78 is 42.2.